The van der Waals surface area contributed by atoms with Crippen molar-refractivity contribution in [2.75, 3.05) is 0 Å². The van der Waals surface area contributed by atoms with Crippen molar-refractivity contribution in [2.45, 2.75) is 38.1 Å². The molecule has 0 spiro atoms. The molecule has 0 aliphatic heterocycles. The van der Waals surface area contributed by atoms with Crippen LogP contribution in [0.2, 0.25) is 0 Å². The first kappa shape index (κ1) is 12.9. The molecule has 1 aromatic heterocycles. The fraction of sp³-hybridized carbons (Fsp3) is 0.400. The smallest absolute Gasteiger partial charge is 0.110 e. The average Bonchev–Trinajstić information content (AvgIpc) is 3.08. The average molecular weight is 320 g/mol. The van der Waals surface area contributed by atoms with E-state index in [1.54, 1.807) is 0 Å². The lowest BCUT2D eigenvalue weighted by atomic mass is 9.89. The second-order valence-corrected chi connectivity index (χ2v) is 6.31. The fourth-order valence-electron chi connectivity index (χ4n) is 2.79. The largest absolute Gasteiger partial charge is 0.327 e. The number of nitrogens with zero attached hydrogens (tertiary/aromatic N) is 2. The van der Waals surface area contributed by atoms with Crippen LogP contribution in [0.25, 0.3) is 5.69 Å². The zero-order valence-electron chi connectivity index (χ0n) is 11.2. The molecule has 100 valence electrons. The van der Waals surface area contributed by atoms with Crippen molar-refractivity contribution in [1.29, 1.82) is 0 Å². The SMILES string of the molecule is Cc1nccn1-c1ccc(C2(C(C)N)CC2)cc1Br. The van der Waals surface area contributed by atoms with E-state index in [0.29, 0.717) is 0 Å². The molecule has 1 aliphatic rings. The lowest BCUT2D eigenvalue weighted by molar-refractivity contribution is 0.556. The molecule has 1 fully saturated rings. The quantitative estimate of drug-likeness (QED) is 0.943. The first-order chi connectivity index (χ1) is 9.04. The molecular weight excluding hydrogens is 302 g/mol. The summed E-state index contributed by atoms with van der Waals surface area (Å²) in [6.07, 6.45) is 6.19. The number of rotatable bonds is 3. The van der Waals surface area contributed by atoms with E-state index in [1.807, 2.05) is 19.3 Å². The molecule has 0 saturated heterocycles. The van der Waals surface area contributed by atoms with Gasteiger partial charge in [0.25, 0.3) is 0 Å². The number of benzene rings is 1. The molecule has 2 N–H and O–H groups in total. The van der Waals surface area contributed by atoms with Gasteiger partial charge in [-0.25, -0.2) is 4.98 Å². The number of hydrogen-bond acceptors (Lipinski definition) is 2. The van der Waals surface area contributed by atoms with Gasteiger partial charge < -0.3 is 10.3 Å². The summed E-state index contributed by atoms with van der Waals surface area (Å²) in [6.45, 7) is 4.11. The Kier molecular flexibility index (Phi) is 3.02. The van der Waals surface area contributed by atoms with Crippen molar-refractivity contribution in [2.24, 2.45) is 5.73 Å². The summed E-state index contributed by atoms with van der Waals surface area (Å²) in [5.41, 5.74) is 8.81. The van der Waals surface area contributed by atoms with E-state index >= 15 is 0 Å². The van der Waals surface area contributed by atoms with Gasteiger partial charge in [0.15, 0.2) is 0 Å². The Hall–Kier alpha value is -1.13. The summed E-state index contributed by atoms with van der Waals surface area (Å²) < 4.78 is 3.18. The first-order valence-corrected chi connectivity index (χ1v) is 7.40. The molecule has 1 aromatic carbocycles. The molecule has 0 bridgehead atoms. The van der Waals surface area contributed by atoms with Crippen molar-refractivity contribution in [3.63, 3.8) is 0 Å². The normalized spacial score (nSPS) is 18.3. The van der Waals surface area contributed by atoms with Crippen LogP contribution in [0.4, 0.5) is 0 Å². The van der Waals surface area contributed by atoms with Crippen molar-refractivity contribution in [3.05, 3.63) is 46.5 Å². The number of aromatic nitrogens is 2. The van der Waals surface area contributed by atoms with Crippen LogP contribution < -0.4 is 5.73 Å². The minimum atomic E-state index is 0.199. The van der Waals surface area contributed by atoms with Gasteiger partial charge in [-0.05, 0) is 60.3 Å². The molecular formula is C15H18BrN3. The number of halogens is 1. The Morgan fingerprint density at radius 2 is 2.16 bits per heavy atom. The number of hydrogen-bond donors (Lipinski definition) is 1. The first-order valence-electron chi connectivity index (χ1n) is 6.60. The minimum Gasteiger partial charge on any atom is -0.327 e. The van der Waals surface area contributed by atoms with E-state index < -0.39 is 0 Å². The monoisotopic (exact) mass is 319 g/mol. The standard InChI is InChI=1S/C15H18BrN3/c1-10(17)15(5-6-15)12-3-4-14(13(16)9-12)19-8-7-18-11(19)2/h3-4,7-10H,5-6,17H2,1-2H3. The zero-order chi connectivity index (χ0) is 13.6. The molecule has 1 saturated carbocycles. The topological polar surface area (TPSA) is 43.8 Å². The lowest BCUT2D eigenvalue weighted by Crippen LogP contribution is -2.31. The third-order valence-corrected chi connectivity index (χ3v) is 4.90. The Bertz CT molecular complexity index is 612. The number of aryl methyl sites for hydroxylation is 1. The van der Waals surface area contributed by atoms with Crippen molar-refractivity contribution in [1.82, 2.24) is 9.55 Å². The maximum atomic E-state index is 6.14. The number of imidazole rings is 1. The van der Waals surface area contributed by atoms with Crippen molar-refractivity contribution >= 4 is 15.9 Å². The van der Waals surface area contributed by atoms with Crippen LogP contribution in [0.3, 0.4) is 0 Å². The van der Waals surface area contributed by atoms with Gasteiger partial charge in [0.1, 0.15) is 5.82 Å². The van der Waals surface area contributed by atoms with Crippen LogP contribution in [-0.4, -0.2) is 15.6 Å². The maximum absolute atomic E-state index is 6.14. The fourth-order valence-corrected chi connectivity index (χ4v) is 3.36. The summed E-state index contributed by atoms with van der Waals surface area (Å²) >= 11 is 3.68. The van der Waals surface area contributed by atoms with Crippen molar-refractivity contribution in [3.8, 4) is 5.69 Å². The number of nitrogens with two attached hydrogens (primary N) is 1. The Morgan fingerprint density at radius 3 is 2.63 bits per heavy atom. The summed E-state index contributed by atoms with van der Waals surface area (Å²) in [6, 6.07) is 6.78. The molecule has 1 unspecified atom stereocenters. The second-order valence-electron chi connectivity index (χ2n) is 5.46. The van der Waals surface area contributed by atoms with Gasteiger partial charge >= 0.3 is 0 Å². The summed E-state index contributed by atoms with van der Waals surface area (Å²) in [4.78, 5) is 4.27. The minimum absolute atomic E-state index is 0.199. The predicted molar refractivity (Wildman–Crippen MR) is 80.6 cm³/mol. The van der Waals surface area contributed by atoms with Crippen LogP contribution >= 0.6 is 15.9 Å². The van der Waals surface area contributed by atoms with Gasteiger partial charge in [-0.3, -0.25) is 0 Å². The van der Waals surface area contributed by atoms with E-state index in [0.717, 1.165) is 16.0 Å². The van der Waals surface area contributed by atoms with Gasteiger partial charge in [-0.1, -0.05) is 6.07 Å². The molecule has 1 heterocycles. The highest BCUT2D eigenvalue weighted by atomic mass is 79.9. The summed E-state index contributed by atoms with van der Waals surface area (Å²) in [5.74, 6) is 0.988. The van der Waals surface area contributed by atoms with E-state index in [2.05, 4.69) is 50.6 Å². The Labute approximate surface area is 122 Å². The summed E-state index contributed by atoms with van der Waals surface area (Å²) in [5, 5.41) is 0. The molecule has 0 amide bonds. The lowest BCUT2D eigenvalue weighted by Gasteiger charge is -2.21. The predicted octanol–water partition coefficient (Wildman–Crippen LogP) is 3.32. The zero-order valence-corrected chi connectivity index (χ0v) is 12.8. The van der Waals surface area contributed by atoms with Crippen LogP contribution in [0, 0.1) is 6.92 Å². The molecule has 19 heavy (non-hydrogen) atoms. The van der Waals surface area contributed by atoms with E-state index in [4.69, 9.17) is 5.73 Å². The van der Waals surface area contributed by atoms with Crippen LogP contribution in [0.5, 0.6) is 0 Å². The molecule has 4 heteroatoms. The molecule has 3 nitrogen and oxygen atoms in total. The molecule has 3 rings (SSSR count). The Balaban J connectivity index is 2.02. The molecule has 1 atom stereocenters. The third kappa shape index (κ3) is 2.03. The van der Waals surface area contributed by atoms with Crippen LogP contribution in [-0.2, 0) is 5.41 Å². The molecule has 0 radical (unpaired) electrons. The van der Waals surface area contributed by atoms with Gasteiger partial charge in [0.2, 0.25) is 0 Å². The molecule has 1 aliphatic carbocycles. The van der Waals surface area contributed by atoms with Crippen LogP contribution in [0.1, 0.15) is 31.2 Å². The highest BCUT2D eigenvalue weighted by Gasteiger charge is 2.47. The van der Waals surface area contributed by atoms with E-state index in [-0.39, 0.29) is 11.5 Å². The van der Waals surface area contributed by atoms with E-state index in [1.165, 1.54) is 18.4 Å². The van der Waals surface area contributed by atoms with Gasteiger partial charge in [0.05, 0.1) is 5.69 Å². The maximum Gasteiger partial charge on any atom is 0.110 e. The third-order valence-electron chi connectivity index (χ3n) is 4.27. The van der Waals surface area contributed by atoms with Crippen molar-refractivity contribution < 1.29 is 0 Å². The van der Waals surface area contributed by atoms with Gasteiger partial charge in [-0.15, -0.1) is 0 Å². The second kappa shape index (κ2) is 4.46. The Morgan fingerprint density at radius 1 is 1.42 bits per heavy atom. The molecule has 2 aromatic rings. The van der Waals surface area contributed by atoms with Crippen LogP contribution in [0.15, 0.2) is 35.1 Å². The highest BCUT2D eigenvalue weighted by molar-refractivity contribution is 9.10. The highest BCUT2D eigenvalue weighted by Crippen LogP contribution is 2.51. The van der Waals surface area contributed by atoms with E-state index in [9.17, 15) is 0 Å². The van der Waals surface area contributed by atoms with Gasteiger partial charge in [0, 0.05) is 28.3 Å². The van der Waals surface area contributed by atoms with Gasteiger partial charge in [-0.2, -0.15) is 0 Å². The summed E-state index contributed by atoms with van der Waals surface area (Å²) in [7, 11) is 0.